The number of fused-ring (bicyclic) bond motifs is 1. The van der Waals surface area contributed by atoms with Gasteiger partial charge in [0.1, 0.15) is 11.5 Å². The average Bonchev–Trinajstić information content (AvgIpc) is 3.16. The number of carbonyl (C=O) groups is 2. The maximum absolute atomic E-state index is 12.0. The van der Waals surface area contributed by atoms with Crippen molar-refractivity contribution < 1.29 is 9.59 Å². The molecule has 1 aliphatic heterocycles. The van der Waals surface area contributed by atoms with Crippen LogP contribution in [0.1, 0.15) is 20.8 Å². The maximum atomic E-state index is 12.0. The highest BCUT2D eigenvalue weighted by Gasteiger charge is 2.31. The normalized spacial score (nSPS) is 19.0. The summed E-state index contributed by atoms with van der Waals surface area (Å²) in [5.41, 5.74) is 4.12. The predicted molar refractivity (Wildman–Crippen MR) is 127 cm³/mol. The van der Waals surface area contributed by atoms with Crippen LogP contribution in [0.4, 0.5) is 11.5 Å². The Balaban J connectivity index is 1.63. The van der Waals surface area contributed by atoms with Gasteiger partial charge in [-0.2, -0.15) is 0 Å². The molecule has 3 aromatic rings. The molecule has 0 aliphatic carbocycles. The molecule has 3 aromatic heterocycles. The SMILES string of the molecule is CC(=O)N1[C@H](C)CN(c2cccc(-c3c[nH]c4ncc(NC(=O)C=CCl)cc34)n2)C[C@@H]1C. The molecule has 4 heterocycles. The van der Waals surface area contributed by atoms with E-state index in [1.807, 2.05) is 35.4 Å². The quantitative estimate of drug-likeness (QED) is 0.588. The van der Waals surface area contributed by atoms with Crippen molar-refractivity contribution in [2.24, 2.45) is 0 Å². The Kier molecular flexibility index (Phi) is 6.14. The third-order valence-corrected chi connectivity index (χ3v) is 5.76. The Labute approximate surface area is 191 Å². The molecular formula is C23H25ClN6O2. The number of anilines is 2. The van der Waals surface area contributed by atoms with E-state index in [1.54, 1.807) is 13.1 Å². The first-order valence-corrected chi connectivity index (χ1v) is 10.9. The summed E-state index contributed by atoms with van der Waals surface area (Å²) in [6.07, 6.45) is 4.69. The fourth-order valence-electron chi connectivity index (χ4n) is 4.40. The average molecular weight is 453 g/mol. The third kappa shape index (κ3) is 4.31. The topological polar surface area (TPSA) is 94.2 Å². The van der Waals surface area contributed by atoms with E-state index >= 15 is 0 Å². The Morgan fingerprint density at radius 1 is 1.25 bits per heavy atom. The number of nitrogens with zero attached hydrogens (tertiary/aromatic N) is 4. The number of aromatic nitrogens is 3. The number of aromatic amines is 1. The number of hydrogen-bond donors (Lipinski definition) is 2. The largest absolute Gasteiger partial charge is 0.352 e. The van der Waals surface area contributed by atoms with Gasteiger partial charge in [0.15, 0.2) is 0 Å². The van der Waals surface area contributed by atoms with Crippen molar-refractivity contribution in [1.82, 2.24) is 19.9 Å². The molecule has 2 N–H and O–H groups in total. The van der Waals surface area contributed by atoms with Crippen molar-refractivity contribution in [3.05, 3.63) is 48.3 Å². The van der Waals surface area contributed by atoms with Crippen LogP contribution in [0, 0.1) is 0 Å². The van der Waals surface area contributed by atoms with Crippen LogP contribution in [0.15, 0.2) is 48.3 Å². The molecule has 0 unspecified atom stereocenters. The molecule has 1 aliphatic rings. The molecule has 2 atom stereocenters. The van der Waals surface area contributed by atoms with Crippen LogP contribution in [0.25, 0.3) is 22.3 Å². The molecule has 32 heavy (non-hydrogen) atoms. The number of nitrogens with one attached hydrogen (secondary N) is 2. The molecule has 9 heteroatoms. The van der Waals surface area contributed by atoms with Gasteiger partial charge in [0.25, 0.3) is 0 Å². The van der Waals surface area contributed by atoms with Gasteiger partial charge < -0.3 is 20.1 Å². The van der Waals surface area contributed by atoms with Crippen LogP contribution in [0.2, 0.25) is 0 Å². The highest BCUT2D eigenvalue weighted by molar-refractivity contribution is 6.27. The van der Waals surface area contributed by atoms with Gasteiger partial charge in [-0.3, -0.25) is 9.59 Å². The Hall–Kier alpha value is -3.39. The van der Waals surface area contributed by atoms with E-state index in [4.69, 9.17) is 16.6 Å². The van der Waals surface area contributed by atoms with Gasteiger partial charge in [-0.05, 0) is 32.0 Å². The number of amides is 2. The predicted octanol–water partition coefficient (Wildman–Crippen LogP) is 3.76. The highest BCUT2D eigenvalue weighted by Crippen LogP contribution is 2.30. The fraction of sp³-hybridized carbons (Fsp3) is 0.304. The van der Waals surface area contributed by atoms with E-state index in [9.17, 15) is 9.59 Å². The molecule has 166 valence electrons. The summed E-state index contributed by atoms with van der Waals surface area (Å²) in [6.45, 7) is 7.19. The molecule has 8 nitrogen and oxygen atoms in total. The summed E-state index contributed by atoms with van der Waals surface area (Å²) in [5, 5.41) is 3.59. The molecular weight excluding hydrogens is 428 g/mol. The van der Waals surface area contributed by atoms with Crippen LogP contribution in [-0.4, -0.2) is 56.8 Å². The van der Waals surface area contributed by atoms with Crippen LogP contribution in [0.3, 0.4) is 0 Å². The zero-order valence-corrected chi connectivity index (χ0v) is 18.9. The first kappa shape index (κ1) is 21.8. The van der Waals surface area contributed by atoms with Gasteiger partial charge in [0.2, 0.25) is 11.8 Å². The molecule has 1 saturated heterocycles. The van der Waals surface area contributed by atoms with Crippen molar-refractivity contribution in [3.63, 3.8) is 0 Å². The number of H-pyrrole nitrogens is 1. The van der Waals surface area contributed by atoms with Crippen LogP contribution >= 0.6 is 11.6 Å². The van der Waals surface area contributed by atoms with E-state index in [0.29, 0.717) is 11.3 Å². The zero-order valence-electron chi connectivity index (χ0n) is 18.2. The zero-order chi connectivity index (χ0) is 22.8. The number of rotatable bonds is 4. The second kappa shape index (κ2) is 9.00. The van der Waals surface area contributed by atoms with Crippen molar-refractivity contribution in [2.75, 3.05) is 23.3 Å². The smallest absolute Gasteiger partial charge is 0.249 e. The van der Waals surface area contributed by atoms with Crippen LogP contribution in [-0.2, 0) is 9.59 Å². The second-order valence-electron chi connectivity index (χ2n) is 8.01. The number of hydrogen-bond acceptors (Lipinski definition) is 5. The van der Waals surface area contributed by atoms with Crippen LogP contribution in [0.5, 0.6) is 0 Å². The number of halogens is 1. The Morgan fingerprint density at radius 2 is 2.00 bits per heavy atom. The van der Waals surface area contributed by atoms with Gasteiger partial charge in [-0.15, -0.1) is 0 Å². The molecule has 4 rings (SSSR count). The molecule has 0 bridgehead atoms. The summed E-state index contributed by atoms with van der Waals surface area (Å²) in [6, 6.07) is 7.99. The second-order valence-corrected chi connectivity index (χ2v) is 8.27. The van der Waals surface area contributed by atoms with Gasteiger partial charge in [-0.25, -0.2) is 9.97 Å². The van der Waals surface area contributed by atoms with Gasteiger partial charge in [-0.1, -0.05) is 17.7 Å². The summed E-state index contributed by atoms with van der Waals surface area (Å²) in [7, 11) is 0. The molecule has 2 amide bonds. The minimum Gasteiger partial charge on any atom is -0.352 e. The lowest BCUT2D eigenvalue weighted by Crippen LogP contribution is -2.58. The third-order valence-electron chi connectivity index (χ3n) is 5.63. The van der Waals surface area contributed by atoms with Gasteiger partial charge >= 0.3 is 0 Å². The first-order chi connectivity index (χ1) is 15.4. The molecule has 0 spiro atoms. The Morgan fingerprint density at radius 3 is 2.69 bits per heavy atom. The standard InChI is InChI=1S/C23H25ClN6O2/c1-14-12-29(13-15(2)30(14)16(3)31)21-6-4-5-20(28-21)19-11-26-23-18(19)9-17(10-25-23)27-22(32)7-8-24/h4-11,14-15H,12-13H2,1-3H3,(H,25,26)(H,27,32)/t14-,15+. The number of piperazine rings is 1. The van der Waals surface area contributed by atoms with Gasteiger partial charge in [0, 0.05) is 60.9 Å². The maximum Gasteiger partial charge on any atom is 0.249 e. The minimum atomic E-state index is -0.327. The number of pyridine rings is 2. The van der Waals surface area contributed by atoms with E-state index in [-0.39, 0.29) is 23.9 Å². The summed E-state index contributed by atoms with van der Waals surface area (Å²) < 4.78 is 0. The van der Waals surface area contributed by atoms with E-state index in [0.717, 1.165) is 41.1 Å². The summed E-state index contributed by atoms with van der Waals surface area (Å²) in [5.74, 6) is 0.636. The minimum absolute atomic E-state index is 0.0992. The van der Waals surface area contributed by atoms with Gasteiger partial charge in [0.05, 0.1) is 17.6 Å². The van der Waals surface area contributed by atoms with Crippen molar-refractivity contribution in [3.8, 4) is 11.3 Å². The monoisotopic (exact) mass is 452 g/mol. The molecule has 1 fully saturated rings. The molecule has 0 saturated carbocycles. The summed E-state index contributed by atoms with van der Waals surface area (Å²) >= 11 is 5.47. The van der Waals surface area contributed by atoms with Crippen molar-refractivity contribution >= 4 is 46.0 Å². The molecule has 0 radical (unpaired) electrons. The van der Waals surface area contributed by atoms with E-state index in [2.05, 4.69) is 34.0 Å². The lowest BCUT2D eigenvalue weighted by Gasteiger charge is -2.44. The highest BCUT2D eigenvalue weighted by atomic mass is 35.5. The lowest BCUT2D eigenvalue weighted by molar-refractivity contribution is -0.133. The molecule has 0 aromatic carbocycles. The van der Waals surface area contributed by atoms with E-state index < -0.39 is 0 Å². The fourth-order valence-corrected chi connectivity index (χ4v) is 4.52. The van der Waals surface area contributed by atoms with Crippen molar-refractivity contribution in [1.29, 1.82) is 0 Å². The first-order valence-electron chi connectivity index (χ1n) is 10.4. The van der Waals surface area contributed by atoms with Crippen LogP contribution < -0.4 is 10.2 Å². The van der Waals surface area contributed by atoms with E-state index in [1.165, 1.54) is 6.08 Å². The lowest BCUT2D eigenvalue weighted by atomic mass is 10.1. The summed E-state index contributed by atoms with van der Waals surface area (Å²) in [4.78, 5) is 40.4. The Bertz CT molecular complexity index is 1180. The number of carbonyl (C=O) groups excluding carboxylic acids is 2. The van der Waals surface area contributed by atoms with Crippen molar-refractivity contribution in [2.45, 2.75) is 32.9 Å².